The van der Waals surface area contributed by atoms with Crippen LogP contribution in [0.1, 0.15) is 22.0 Å². The number of hydrogen-bond acceptors (Lipinski definition) is 4. The number of carbonyl (C=O) groups is 1. The van der Waals surface area contributed by atoms with Gasteiger partial charge in [0.25, 0.3) is 0 Å². The van der Waals surface area contributed by atoms with Crippen LogP contribution in [0.15, 0.2) is 36.5 Å². The normalized spacial score (nSPS) is 18.0. The van der Waals surface area contributed by atoms with E-state index in [0.29, 0.717) is 30.5 Å². The van der Waals surface area contributed by atoms with Crippen molar-refractivity contribution in [2.45, 2.75) is 6.10 Å². The van der Waals surface area contributed by atoms with Crippen molar-refractivity contribution >= 4 is 23.3 Å². The number of morpholine rings is 1. The molecule has 1 aliphatic rings. The van der Waals surface area contributed by atoms with E-state index < -0.39 is 5.91 Å². The van der Waals surface area contributed by atoms with Gasteiger partial charge in [0.2, 0.25) is 5.91 Å². The van der Waals surface area contributed by atoms with Gasteiger partial charge in [-0.1, -0.05) is 23.7 Å². The Bertz CT molecular complexity index is 724. The largest absolute Gasteiger partial charge is 0.370 e. The zero-order valence-electron chi connectivity index (χ0n) is 12.2. The number of benzene rings is 1. The average molecular weight is 336 g/mol. The van der Waals surface area contributed by atoms with Crippen LogP contribution in [0.4, 0.5) is 10.2 Å². The molecular formula is C16H15ClFN3O2. The molecule has 2 heterocycles. The van der Waals surface area contributed by atoms with E-state index in [1.807, 2.05) is 4.90 Å². The maximum absolute atomic E-state index is 13.0. The highest BCUT2D eigenvalue weighted by atomic mass is 35.5. The number of ether oxygens (including phenoxy) is 1. The summed E-state index contributed by atoms with van der Waals surface area (Å²) >= 11 is 6.22. The molecule has 0 saturated carbocycles. The lowest BCUT2D eigenvalue weighted by atomic mass is 10.1. The molecule has 5 nitrogen and oxygen atoms in total. The van der Waals surface area contributed by atoms with Crippen LogP contribution in [0.5, 0.6) is 0 Å². The Kier molecular flexibility index (Phi) is 4.45. The molecule has 0 aliphatic carbocycles. The first kappa shape index (κ1) is 15.7. The molecule has 0 radical (unpaired) electrons. The smallest absolute Gasteiger partial charge is 0.250 e. The van der Waals surface area contributed by atoms with Crippen molar-refractivity contribution in [1.82, 2.24) is 4.98 Å². The molecule has 1 aromatic carbocycles. The summed E-state index contributed by atoms with van der Waals surface area (Å²) in [7, 11) is 0. The molecule has 7 heteroatoms. The van der Waals surface area contributed by atoms with E-state index >= 15 is 0 Å². The molecule has 1 aliphatic heterocycles. The Hall–Kier alpha value is -2.18. The van der Waals surface area contributed by atoms with Gasteiger partial charge < -0.3 is 15.4 Å². The number of hydrogen-bond donors (Lipinski definition) is 1. The van der Waals surface area contributed by atoms with Crippen LogP contribution < -0.4 is 10.6 Å². The van der Waals surface area contributed by atoms with Gasteiger partial charge in [0, 0.05) is 19.3 Å². The molecular weight excluding hydrogens is 321 g/mol. The van der Waals surface area contributed by atoms with Gasteiger partial charge in [0.05, 0.1) is 17.2 Å². The number of nitrogens with two attached hydrogens (primary N) is 1. The minimum Gasteiger partial charge on any atom is -0.370 e. The average Bonchev–Trinajstić information content (AvgIpc) is 2.55. The molecule has 23 heavy (non-hydrogen) atoms. The number of aromatic nitrogens is 1. The van der Waals surface area contributed by atoms with Crippen molar-refractivity contribution in [2.75, 3.05) is 24.6 Å². The third-order valence-electron chi connectivity index (χ3n) is 3.71. The highest BCUT2D eigenvalue weighted by molar-refractivity contribution is 6.33. The van der Waals surface area contributed by atoms with Gasteiger partial charge in [-0.25, -0.2) is 9.37 Å². The lowest BCUT2D eigenvalue weighted by Gasteiger charge is -2.34. The summed E-state index contributed by atoms with van der Waals surface area (Å²) in [6.07, 6.45) is 1.21. The molecule has 0 spiro atoms. The number of pyridine rings is 1. The predicted molar refractivity (Wildman–Crippen MR) is 85.1 cm³/mol. The van der Waals surface area contributed by atoms with E-state index in [1.165, 1.54) is 24.4 Å². The SMILES string of the molecule is NC(=O)c1cnc(N2CCOC(c3ccc(F)cc3)C2)c(Cl)c1. The summed E-state index contributed by atoms with van der Waals surface area (Å²) in [5.41, 5.74) is 6.38. The highest BCUT2D eigenvalue weighted by Crippen LogP contribution is 2.29. The van der Waals surface area contributed by atoms with Crippen LogP contribution in [-0.4, -0.2) is 30.6 Å². The Morgan fingerprint density at radius 3 is 2.78 bits per heavy atom. The topological polar surface area (TPSA) is 68.5 Å². The molecule has 1 amide bonds. The van der Waals surface area contributed by atoms with Gasteiger partial charge in [-0.05, 0) is 23.8 Å². The monoisotopic (exact) mass is 335 g/mol. The quantitative estimate of drug-likeness (QED) is 0.936. The van der Waals surface area contributed by atoms with Crippen LogP contribution in [0.3, 0.4) is 0 Å². The second-order valence-corrected chi connectivity index (χ2v) is 5.66. The Labute approximate surface area is 137 Å². The van der Waals surface area contributed by atoms with Gasteiger partial charge in [-0.2, -0.15) is 0 Å². The minimum absolute atomic E-state index is 0.196. The molecule has 1 atom stereocenters. The van der Waals surface area contributed by atoms with E-state index in [1.54, 1.807) is 12.1 Å². The summed E-state index contributed by atoms with van der Waals surface area (Å²) in [5, 5.41) is 0.362. The maximum atomic E-state index is 13.0. The van der Waals surface area contributed by atoms with E-state index in [4.69, 9.17) is 22.1 Å². The van der Waals surface area contributed by atoms with Crippen LogP contribution in [-0.2, 0) is 4.74 Å². The Morgan fingerprint density at radius 2 is 2.13 bits per heavy atom. The first-order valence-corrected chi connectivity index (χ1v) is 7.50. The minimum atomic E-state index is -0.572. The first-order valence-electron chi connectivity index (χ1n) is 7.12. The van der Waals surface area contributed by atoms with Gasteiger partial charge >= 0.3 is 0 Å². The number of nitrogens with zero attached hydrogens (tertiary/aromatic N) is 2. The second-order valence-electron chi connectivity index (χ2n) is 5.25. The predicted octanol–water partition coefficient (Wildman–Crippen LogP) is 2.55. The number of amides is 1. The van der Waals surface area contributed by atoms with Crippen LogP contribution in [0.25, 0.3) is 0 Å². The fourth-order valence-corrected chi connectivity index (χ4v) is 2.80. The first-order chi connectivity index (χ1) is 11.0. The molecule has 0 bridgehead atoms. The van der Waals surface area contributed by atoms with Gasteiger partial charge in [0.15, 0.2) is 0 Å². The number of primary amides is 1. The Balaban J connectivity index is 1.81. The summed E-state index contributed by atoms with van der Waals surface area (Å²) in [5.74, 6) is -0.280. The summed E-state index contributed by atoms with van der Waals surface area (Å²) in [6.45, 7) is 1.66. The van der Waals surface area contributed by atoms with Crippen LogP contribution in [0, 0.1) is 5.82 Å². The summed E-state index contributed by atoms with van der Waals surface area (Å²) in [6, 6.07) is 7.73. The van der Waals surface area contributed by atoms with E-state index in [-0.39, 0.29) is 17.5 Å². The van der Waals surface area contributed by atoms with Crippen molar-refractivity contribution in [3.05, 3.63) is 58.5 Å². The van der Waals surface area contributed by atoms with Gasteiger partial charge in [-0.15, -0.1) is 0 Å². The van der Waals surface area contributed by atoms with Crippen molar-refractivity contribution in [3.8, 4) is 0 Å². The van der Waals surface area contributed by atoms with Crippen molar-refractivity contribution in [1.29, 1.82) is 0 Å². The number of anilines is 1. The third kappa shape index (κ3) is 3.43. The lowest BCUT2D eigenvalue weighted by Crippen LogP contribution is -2.39. The fourth-order valence-electron chi connectivity index (χ4n) is 2.52. The lowest BCUT2D eigenvalue weighted by molar-refractivity contribution is 0.0395. The maximum Gasteiger partial charge on any atom is 0.250 e. The highest BCUT2D eigenvalue weighted by Gasteiger charge is 2.24. The molecule has 3 rings (SSSR count). The molecule has 1 saturated heterocycles. The molecule has 1 fully saturated rings. The number of carbonyl (C=O) groups excluding carboxylic acids is 1. The van der Waals surface area contributed by atoms with Crippen molar-refractivity contribution in [2.24, 2.45) is 5.73 Å². The fraction of sp³-hybridized carbons (Fsp3) is 0.250. The summed E-state index contributed by atoms with van der Waals surface area (Å²) < 4.78 is 18.8. The van der Waals surface area contributed by atoms with Crippen LogP contribution in [0.2, 0.25) is 5.02 Å². The molecule has 2 N–H and O–H groups in total. The summed E-state index contributed by atoms with van der Waals surface area (Å²) in [4.78, 5) is 17.4. The standard InChI is InChI=1S/C16H15ClFN3O2/c17-13-7-11(15(19)22)8-20-16(13)21-5-6-23-14(9-21)10-1-3-12(18)4-2-10/h1-4,7-8,14H,5-6,9H2,(H2,19,22). The van der Waals surface area contributed by atoms with Crippen molar-refractivity contribution < 1.29 is 13.9 Å². The zero-order chi connectivity index (χ0) is 16.4. The van der Waals surface area contributed by atoms with E-state index in [9.17, 15) is 9.18 Å². The third-order valence-corrected chi connectivity index (χ3v) is 3.99. The van der Waals surface area contributed by atoms with Crippen molar-refractivity contribution in [3.63, 3.8) is 0 Å². The van der Waals surface area contributed by atoms with E-state index in [0.717, 1.165) is 5.56 Å². The molecule has 2 aromatic rings. The zero-order valence-corrected chi connectivity index (χ0v) is 13.0. The number of rotatable bonds is 3. The molecule has 120 valence electrons. The van der Waals surface area contributed by atoms with Crippen LogP contribution >= 0.6 is 11.6 Å². The van der Waals surface area contributed by atoms with Gasteiger partial charge in [0.1, 0.15) is 17.7 Å². The number of halogens is 2. The van der Waals surface area contributed by atoms with Gasteiger partial charge in [-0.3, -0.25) is 4.79 Å². The Morgan fingerprint density at radius 1 is 1.39 bits per heavy atom. The molecule has 1 aromatic heterocycles. The molecule has 1 unspecified atom stereocenters. The second kappa shape index (κ2) is 6.52. The van der Waals surface area contributed by atoms with E-state index in [2.05, 4.69) is 4.98 Å².